The minimum atomic E-state index is -1.63. The Labute approximate surface area is 196 Å². The number of ketones is 2. The number of allylic oxidation sites excluding steroid dienone is 4. The molecule has 0 unspecified atom stereocenters. The van der Waals surface area contributed by atoms with Crippen LogP contribution in [0.1, 0.15) is 67.2 Å². The van der Waals surface area contributed by atoms with Crippen molar-refractivity contribution < 1.29 is 29.3 Å². The second-order valence-electron chi connectivity index (χ2n) is 12.4. The van der Waals surface area contributed by atoms with Crippen LogP contribution in [0.5, 0.6) is 0 Å². The molecule has 4 aliphatic carbocycles. The molecule has 2 N–H and O–H groups in total. The van der Waals surface area contributed by atoms with Gasteiger partial charge in [-0.15, -0.1) is 0 Å². The lowest BCUT2D eigenvalue weighted by molar-refractivity contribution is -0.184. The molecule has 33 heavy (non-hydrogen) atoms. The number of rotatable bonds is 3. The first-order chi connectivity index (χ1) is 15.1. The highest BCUT2D eigenvalue weighted by Gasteiger charge is 2.69. The van der Waals surface area contributed by atoms with Crippen LogP contribution in [0.15, 0.2) is 23.8 Å². The Morgan fingerprint density at radius 3 is 2.52 bits per heavy atom. The van der Waals surface area contributed by atoms with Crippen LogP contribution in [0.4, 0.5) is 0 Å². The Morgan fingerprint density at radius 1 is 1.24 bits per heavy atom. The summed E-state index contributed by atoms with van der Waals surface area (Å²) in [6.45, 7) is 11.4. The summed E-state index contributed by atoms with van der Waals surface area (Å²) in [5, 5.41) is 23.2. The van der Waals surface area contributed by atoms with E-state index >= 15 is 0 Å². The quantitative estimate of drug-likeness (QED) is 0.629. The molecule has 3 saturated carbocycles. The maximum Gasteiger partial charge on any atom is 0.303 e. The molecule has 0 spiro atoms. The minimum absolute atomic E-state index is 0.00313. The Morgan fingerprint density at radius 2 is 1.91 bits per heavy atom. The molecule has 182 valence electrons. The van der Waals surface area contributed by atoms with Crippen molar-refractivity contribution in [2.45, 2.75) is 78.9 Å². The average Bonchev–Trinajstić information content (AvgIpc) is 2.96. The molecule has 4 rings (SSSR count). The number of esters is 1. The first kappa shape index (κ1) is 24.3. The van der Waals surface area contributed by atoms with Crippen molar-refractivity contribution >= 4 is 17.5 Å². The number of hydrogen-bond donors (Lipinski definition) is 2. The van der Waals surface area contributed by atoms with Crippen LogP contribution in [0.3, 0.4) is 0 Å². The third-order valence-corrected chi connectivity index (χ3v) is 9.61. The SMILES string of the molecule is CC(=O)OCC(=O)[C@]1(O)CC[C@@H]2[C@H]3C[C@H](C(C)(C)C)C4=CC(=O)C=C[C@@]4(C)[C@H]3[C@H](O)C[C@@]21C. The predicted molar refractivity (Wildman–Crippen MR) is 123 cm³/mol. The summed E-state index contributed by atoms with van der Waals surface area (Å²) in [5.74, 6) is -0.831. The molecular weight excluding hydrogens is 420 g/mol. The molecule has 0 amide bonds. The van der Waals surface area contributed by atoms with Crippen molar-refractivity contribution in [3.63, 3.8) is 0 Å². The van der Waals surface area contributed by atoms with E-state index in [9.17, 15) is 24.6 Å². The van der Waals surface area contributed by atoms with Crippen LogP contribution in [-0.2, 0) is 19.1 Å². The van der Waals surface area contributed by atoms with Crippen molar-refractivity contribution in [2.75, 3.05) is 6.61 Å². The molecule has 6 heteroatoms. The Balaban J connectivity index is 1.76. The molecule has 0 heterocycles. The normalized spacial score (nSPS) is 44.4. The first-order valence-corrected chi connectivity index (χ1v) is 12.2. The average molecular weight is 459 g/mol. The van der Waals surface area contributed by atoms with Gasteiger partial charge in [0.25, 0.3) is 0 Å². The van der Waals surface area contributed by atoms with E-state index in [1.807, 2.05) is 13.0 Å². The van der Waals surface area contributed by atoms with E-state index in [1.165, 1.54) is 6.92 Å². The predicted octanol–water partition coefficient (Wildman–Crippen LogP) is 3.40. The Bertz CT molecular complexity index is 941. The summed E-state index contributed by atoms with van der Waals surface area (Å²) in [5.41, 5.74) is -1.86. The Hall–Kier alpha value is -1.79. The van der Waals surface area contributed by atoms with Crippen LogP contribution >= 0.6 is 0 Å². The third-order valence-electron chi connectivity index (χ3n) is 9.61. The number of hydrogen-bond acceptors (Lipinski definition) is 6. The van der Waals surface area contributed by atoms with Crippen molar-refractivity contribution in [3.8, 4) is 0 Å². The number of Topliss-reactive ketones (excluding diaryl/α,β-unsaturated/α-hetero) is 1. The molecule has 4 aliphatic rings. The van der Waals surface area contributed by atoms with Gasteiger partial charge in [0.2, 0.25) is 5.78 Å². The van der Waals surface area contributed by atoms with Crippen molar-refractivity contribution in [1.82, 2.24) is 0 Å². The monoisotopic (exact) mass is 458 g/mol. The first-order valence-electron chi connectivity index (χ1n) is 12.2. The van der Waals surface area contributed by atoms with Gasteiger partial charge in [0, 0.05) is 23.7 Å². The number of aliphatic hydroxyl groups is 2. The number of aliphatic hydroxyl groups excluding tert-OH is 1. The lowest BCUT2D eigenvalue weighted by atomic mass is 9.43. The van der Waals surface area contributed by atoms with Crippen LogP contribution in [0.2, 0.25) is 0 Å². The summed E-state index contributed by atoms with van der Waals surface area (Å²) in [4.78, 5) is 36.7. The van der Waals surface area contributed by atoms with E-state index in [1.54, 1.807) is 12.2 Å². The van der Waals surface area contributed by atoms with Crippen LogP contribution < -0.4 is 0 Å². The zero-order valence-corrected chi connectivity index (χ0v) is 20.7. The molecule has 0 bridgehead atoms. The molecular formula is C27H38O6. The topological polar surface area (TPSA) is 101 Å². The van der Waals surface area contributed by atoms with Crippen LogP contribution in [0, 0.1) is 39.9 Å². The molecule has 0 aliphatic heterocycles. The molecule has 8 atom stereocenters. The molecule has 0 aromatic heterocycles. The smallest absolute Gasteiger partial charge is 0.303 e. The van der Waals surface area contributed by atoms with Gasteiger partial charge >= 0.3 is 5.97 Å². The van der Waals surface area contributed by atoms with Gasteiger partial charge in [-0.05, 0) is 61.0 Å². The molecule has 0 aromatic rings. The standard InChI is InChI=1S/C27H38O6/c1-15(28)33-14-22(31)27(32)10-8-18-17-12-19(24(2,3)4)20-11-16(29)7-9-25(20,5)23(17)21(30)13-26(18,27)6/h7,9,11,17-19,21,23,30,32H,8,10,12-14H2,1-6H3/t17-,18-,19+,21-,23-,25-,26+,27-/m1/s1. The summed E-state index contributed by atoms with van der Waals surface area (Å²) >= 11 is 0. The fourth-order valence-corrected chi connectivity index (χ4v) is 7.99. The summed E-state index contributed by atoms with van der Waals surface area (Å²) in [7, 11) is 0. The van der Waals surface area contributed by atoms with Crippen molar-refractivity contribution in [1.29, 1.82) is 0 Å². The molecule has 0 aromatic carbocycles. The summed E-state index contributed by atoms with van der Waals surface area (Å²) < 4.78 is 4.94. The highest BCUT2D eigenvalue weighted by molar-refractivity contribution is 6.01. The van der Waals surface area contributed by atoms with Gasteiger partial charge in [0.1, 0.15) is 5.60 Å². The van der Waals surface area contributed by atoms with E-state index in [4.69, 9.17) is 4.74 Å². The van der Waals surface area contributed by atoms with Gasteiger partial charge in [0.05, 0.1) is 6.10 Å². The van der Waals surface area contributed by atoms with Crippen molar-refractivity contribution in [2.24, 2.45) is 39.9 Å². The van der Waals surface area contributed by atoms with Gasteiger partial charge in [-0.25, -0.2) is 0 Å². The lowest BCUT2D eigenvalue weighted by Gasteiger charge is -2.62. The molecule has 0 saturated heterocycles. The van der Waals surface area contributed by atoms with E-state index < -0.39 is 40.9 Å². The second-order valence-corrected chi connectivity index (χ2v) is 12.4. The maximum absolute atomic E-state index is 13.1. The maximum atomic E-state index is 13.1. The number of carbonyl (C=O) groups excluding carboxylic acids is 3. The molecule has 0 radical (unpaired) electrons. The van der Waals surface area contributed by atoms with Crippen LogP contribution in [-0.4, -0.2) is 46.1 Å². The van der Waals surface area contributed by atoms with E-state index in [-0.39, 0.29) is 34.9 Å². The second kappa shape index (κ2) is 7.61. The van der Waals surface area contributed by atoms with Gasteiger partial charge in [-0.3, -0.25) is 14.4 Å². The van der Waals surface area contributed by atoms with Gasteiger partial charge in [-0.2, -0.15) is 0 Å². The van der Waals surface area contributed by atoms with E-state index in [2.05, 4.69) is 27.7 Å². The Kier molecular flexibility index (Phi) is 5.61. The minimum Gasteiger partial charge on any atom is -0.458 e. The molecule has 6 nitrogen and oxygen atoms in total. The van der Waals surface area contributed by atoms with E-state index in [0.717, 1.165) is 12.0 Å². The number of fused-ring (bicyclic) bond motifs is 5. The van der Waals surface area contributed by atoms with E-state index in [0.29, 0.717) is 19.3 Å². The lowest BCUT2D eigenvalue weighted by Crippen LogP contribution is -2.63. The van der Waals surface area contributed by atoms with Crippen molar-refractivity contribution in [3.05, 3.63) is 23.8 Å². The van der Waals surface area contributed by atoms with Gasteiger partial charge < -0.3 is 14.9 Å². The summed E-state index contributed by atoms with van der Waals surface area (Å²) in [6.07, 6.45) is 6.75. The van der Waals surface area contributed by atoms with Gasteiger partial charge in [0.15, 0.2) is 12.4 Å². The zero-order valence-electron chi connectivity index (χ0n) is 20.7. The van der Waals surface area contributed by atoms with Gasteiger partial charge in [-0.1, -0.05) is 46.3 Å². The largest absolute Gasteiger partial charge is 0.458 e. The highest BCUT2D eigenvalue weighted by atomic mass is 16.5. The fourth-order valence-electron chi connectivity index (χ4n) is 7.99. The number of ether oxygens (including phenoxy) is 1. The number of carbonyl (C=O) groups is 3. The fraction of sp³-hybridized carbons (Fsp3) is 0.741. The molecule has 3 fully saturated rings. The van der Waals surface area contributed by atoms with Crippen LogP contribution in [0.25, 0.3) is 0 Å². The zero-order chi connectivity index (χ0) is 24.6. The highest BCUT2D eigenvalue weighted by Crippen LogP contribution is 2.69. The summed E-state index contributed by atoms with van der Waals surface area (Å²) in [6, 6.07) is 0. The third kappa shape index (κ3) is 3.47.